The quantitative estimate of drug-likeness (QED) is 0.736. The first kappa shape index (κ1) is 14.3. The third-order valence-electron chi connectivity index (χ3n) is 4.16. The molecule has 0 aromatic rings. The highest BCUT2D eigenvalue weighted by atomic mass is 16.4. The van der Waals surface area contributed by atoms with Gasteiger partial charge in [-0.15, -0.1) is 0 Å². The van der Waals surface area contributed by atoms with Gasteiger partial charge in [0.25, 0.3) is 0 Å². The van der Waals surface area contributed by atoms with Gasteiger partial charge in [-0.2, -0.15) is 0 Å². The number of carbonyl (C=O) groups is 2. The van der Waals surface area contributed by atoms with E-state index in [2.05, 4.69) is 5.32 Å². The Kier molecular flexibility index (Phi) is 4.76. The van der Waals surface area contributed by atoms with Crippen molar-refractivity contribution in [1.29, 1.82) is 0 Å². The van der Waals surface area contributed by atoms with Crippen LogP contribution in [0.15, 0.2) is 0 Å². The lowest BCUT2D eigenvalue weighted by Gasteiger charge is -2.37. The van der Waals surface area contributed by atoms with E-state index in [9.17, 15) is 9.59 Å². The summed E-state index contributed by atoms with van der Waals surface area (Å²) in [5.74, 6) is -0.600. The van der Waals surface area contributed by atoms with Crippen LogP contribution < -0.4 is 5.32 Å². The van der Waals surface area contributed by atoms with Crippen LogP contribution in [0.3, 0.4) is 0 Å². The molecule has 19 heavy (non-hydrogen) atoms. The van der Waals surface area contributed by atoms with Crippen LogP contribution >= 0.6 is 0 Å². The number of carboxylic acid groups (broad SMARTS) is 1. The van der Waals surface area contributed by atoms with Gasteiger partial charge in [-0.05, 0) is 26.3 Å². The number of hydrogen-bond donors (Lipinski definition) is 2. The van der Waals surface area contributed by atoms with Crippen molar-refractivity contribution in [3.8, 4) is 0 Å². The third kappa shape index (κ3) is 3.67. The molecule has 2 fully saturated rings. The number of nitrogens with one attached hydrogen (secondary N) is 1. The molecule has 0 spiro atoms. The molecule has 2 heterocycles. The lowest BCUT2D eigenvalue weighted by atomic mass is 10.1. The molecule has 6 heteroatoms. The van der Waals surface area contributed by atoms with Gasteiger partial charge >= 0.3 is 5.97 Å². The first-order chi connectivity index (χ1) is 9.08. The Balaban J connectivity index is 1.76. The number of amides is 1. The molecule has 0 saturated carbocycles. The van der Waals surface area contributed by atoms with Crippen LogP contribution in [0, 0.1) is 0 Å². The van der Waals surface area contributed by atoms with Gasteiger partial charge in [0.05, 0.1) is 0 Å². The van der Waals surface area contributed by atoms with Gasteiger partial charge in [0, 0.05) is 38.6 Å². The molecule has 0 aliphatic carbocycles. The SMILES string of the molecule is CC(C(=O)O)N1CCN(C(=O)CC2CCCN2)CC1. The van der Waals surface area contributed by atoms with Crippen molar-refractivity contribution >= 4 is 11.9 Å². The summed E-state index contributed by atoms with van der Waals surface area (Å²) in [5, 5.41) is 12.3. The summed E-state index contributed by atoms with van der Waals surface area (Å²) in [6, 6.07) is -0.128. The minimum atomic E-state index is -0.796. The lowest BCUT2D eigenvalue weighted by Crippen LogP contribution is -2.53. The molecule has 2 aliphatic rings. The molecule has 2 rings (SSSR count). The van der Waals surface area contributed by atoms with Gasteiger partial charge in [0.15, 0.2) is 0 Å². The van der Waals surface area contributed by atoms with E-state index >= 15 is 0 Å². The number of carboxylic acids is 1. The maximum Gasteiger partial charge on any atom is 0.320 e. The number of carbonyl (C=O) groups excluding carboxylic acids is 1. The molecular weight excluding hydrogens is 246 g/mol. The van der Waals surface area contributed by atoms with Crippen molar-refractivity contribution in [3.63, 3.8) is 0 Å². The molecule has 0 bridgehead atoms. The van der Waals surface area contributed by atoms with Crippen molar-refractivity contribution in [2.45, 2.75) is 38.3 Å². The Morgan fingerprint density at radius 3 is 2.53 bits per heavy atom. The number of rotatable bonds is 4. The van der Waals surface area contributed by atoms with Crippen LogP contribution in [-0.2, 0) is 9.59 Å². The van der Waals surface area contributed by atoms with Gasteiger partial charge in [-0.3, -0.25) is 14.5 Å². The maximum absolute atomic E-state index is 12.1. The van der Waals surface area contributed by atoms with E-state index < -0.39 is 12.0 Å². The highest BCUT2D eigenvalue weighted by molar-refractivity contribution is 5.77. The van der Waals surface area contributed by atoms with Gasteiger partial charge in [-0.25, -0.2) is 0 Å². The van der Waals surface area contributed by atoms with Crippen LogP contribution in [0.2, 0.25) is 0 Å². The Morgan fingerprint density at radius 2 is 2.00 bits per heavy atom. The Labute approximate surface area is 113 Å². The zero-order chi connectivity index (χ0) is 13.8. The van der Waals surface area contributed by atoms with Crippen molar-refractivity contribution in [3.05, 3.63) is 0 Å². The summed E-state index contributed by atoms with van der Waals surface area (Å²) in [6.45, 7) is 5.30. The molecule has 2 N–H and O–H groups in total. The standard InChI is InChI=1S/C13H23N3O3/c1-10(13(18)19)15-5-7-16(8-6-15)12(17)9-11-3-2-4-14-11/h10-11,14H,2-9H2,1H3,(H,18,19). The van der Waals surface area contributed by atoms with E-state index in [0.29, 0.717) is 38.6 Å². The zero-order valence-corrected chi connectivity index (χ0v) is 11.5. The van der Waals surface area contributed by atoms with E-state index in [0.717, 1.165) is 19.4 Å². The molecule has 2 unspecified atom stereocenters. The van der Waals surface area contributed by atoms with Crippen LogP contribution in [0.5, 0.6) is 0 Å². The van der Waals surface area contributed by atoms with Crippen LogP contribution in [0.25, 0.3) is 0 Å². The van der Waals surface area contributed by atoms with Gasteiger partial charge in [0.1, 0.15) is 6.04 Å². The average molecular weight is 269 g/mol. The molecular formula is C13H23N3O3. The van der Waals surface area contributed by atoms with E-state index in [1.54, 1.807) is 6.92 Å². The molecule has 0 radical (unpaired) electrons. The van der Waals surface area contributed by atoms with Crippen molar-refractivity contribution < 1.29 is 14.7 Å². The predicted molar refractivity (Wildman–Crippen MR) is 70.9 cm³/mol. The number of nitrogens with zero attached hydrogens (tertiary/aromatic N) is 2. The largest absolute Gasteiger partial charge is 0.480 e. The van der Waals surface area contributed by atoms with Gasteiger partial charge < -0.3 is 15.3 Å². The van der Waals surface area contributed by atoms with E-state index in [1.165, 1.54) is 0 Å². The summed E-state index contributed by atoms with van der Waals surface area (Å²) >= 11 is 0. The highest BCUT2D eigenvalue weighted by Gasteiger charge is 2.28. The second-order valence-electron chi connectivity index (χ2n) is 5.43. The minimum absolute atomic E-state index is 0.196. The molecule has 2 saturated heterocycles. The Hall–Kier alpha value is -1.14. The fourth-order valence-electron chi connectivity index (χ4n) is 2.79. The molecule has 6 nitrogen and oxygen atoms in total. The van der Waals surface area contributed by atoms with Gasteiger partial charge in [-0.1, -0.05) is 0 Å². The van der Waals surface area contributed by atoms with Gasteiger partial charge in [0.2, 0.25) is 5.91 Å². The monoisotopic (exact) mass is 269 g/mol. The molecule has 2 atom stereocenters. The minimum Gasteiger partial charge on any atom is -0.480 e. The van der Waals surface area contributed by atoms with Crippen LogP contribution in [0.4, 0.5) is 0 Å². The molecule has 0 aromatic carbocycles. The summed E-state index contributed by atoms with van der Waals surface area (Å²) < 4.78 is 0. The first-order valence-electron chi connectivity index (χ1n) is 7.06. The van der Waals surface area contributed by atoms with Crippen LogP contribution in [-0.4, -0.2) is 71.6 Å². The third-order valence-corrected chi connectivity index (χ3v) is 4.16. The molecule has 108 valence electrons. The Morgan fingerprint density at radius 1 is 1.32 bits per heavy atom. The first-order valence-corrected chi connectivity index (χ1v) is 7.06. The second-order valence-corrected chi connectivity index (χ2v) is 5.43. The maximum atomic E-state index is 12.1. The molecule has 1 amide bonds. The van der Waals surface area contributed by atoms with Crippen molar-refractivity contribution in [2.75, 3.05) is 32.7 Å². The van der Waals surface area contributed by atoms with E-state index in [4.69, 9.17) is 5.11 Å². The second kappa shape index (κ2) is 6.34. The fourth-order valence-corrected chi connectivity index (χ4v) is 2.79. The van der Waals surface area contributed by atoms with Crippen molar-refractivity contribution in [1.82, 2.24) is 15.1 Å². The topological polar surface area (TPSA) is 72.9 Å². The van der Waals surface area contributed by atoms with E-state index in [1.807, 2.05) is 9.80 Å². The predicted octanol–water partition coefficient (Wildman–Crippen LogP) is -0.254. The number of hydrogen-bond acceptors (Lipinski definition) is 4. The number of aliphatic carboxylic acids is 1. The molecule has 0 aromatic heterocycles. The molecule has 2 aliphatic heterocycles. The zero-order valence-electron chi connectivity index (χ0n) is 11.5. The van der Waals surface area contributed by atoms with E-state index in [-0.39, 0.29) is 5.91 Å². The average Bonchev–Trinajstić information content (AvgIpc) is 2.90. The summed E-state index contributed by atoms with van der Waals surface area (Å²) in [4.78, 5) is 26.8. The fraction of sp³-hybridized carbons (Fsp3) is 0.846. The Bertz CT molecular complexity index is 334. The van der Waals surface area contributed by atoms with Crippen LogP contribution in [0.1, 0.15) is 26.2 Å². The highest BCUT2D eigenvalue weighted by Crippen LogP contribution is 2.13. The normalized spacial score (nSPS) is 26.4. The summed E-state index contributed by atoms with van der Waals surface area (Å²) in [5.41, 5.74) is 0. The summed E-state index contributed by atoms with van der Waals surface area (Å²) in [6.07, 6.45) is 2.82. The smallest absolute Gasteiger partial charge is 0.320 e. The summed E-state index contributed by atoms with van der Waals surface area (Å²) in [7, 11) is 0. The van der Waals surface area contributed by atoms with Crippen molar-refractivity contribution in [2.24, 2.45) is 0 Å². The lowest BCUT2D eigenvalue weighted by molar-refractivity contribution is -0.144. The number of piperazine rings is 1.